The highest BCUT2D eigenvalue weighted by molar-refractivity contribution is 5.94. The lowest BCUT2D eigenvalue weighted by molar-refractivity contribution is -0.141. The van der Waals surface area contributed by atoms with Gasteiger partial charge in [-0.05, 0) is 25.8 Å². The van der Waals surface area contributed by atoms with E-state index in [1.165, 1.54) is 0 Å². The summed E-state index contributed by atoms with van der Waals surface area (Å²) in [5.74, 6) is -0.0368. The van der Waals surface area contributed by atoms with Gasteiger partial charge in [-0.25, -0.2) is 0 Å². The number of carbonyl (C=O) groups is 3. The van der Waals surface area contributed by atoms with Gasteiger partial charge in [0.05, 0.1) is 5.41 Å². The lowest BCUT2D eigenvalue weighted by Gasteiger charge is -2.32. The maximum absolute atomic E-state index is 13.6. The number of hydrogen-bond donors (Lipinski definition) is 0. The topological polar surface area (TPSA) is 78.8 Å². The second kappa shape index (κ2) is 7.15. The molecule has 4 rings (SSSR count). The molecule has 2 atom stereocenters. The van der Waals surface area contributed by atoms with Crippen molar-refractivity contribution in [2.75, 3.05) is 39.3 Å². The van der Waals surface area contributed by atoms with Gasteiger partial charge >= 0.3 is 0 Å². The number of carbonyl (C=O) groups excluding carboxylic acids is 3. The molecule has 0 saturated carbocycles. The average Bonchev–Trinajstić information content (AvgIpc) is 3.43. The summed E-state index contributed by atoms with van der Waals surface area (Å²) in [6.45, 7) is 9.07. The highest BCUT2D eigenvalue weighted by atomic mass is 16.2. The van der Waals surface area contributed by atoms with Crippen molar-refractivity contribution in [2.24, 2.45) is 24.3 Å². The number of rotatable bonds is 3. The minimum Gasteiger partial charge on any atom is -0.342 e. The van der Waals surface area contributed by atoms with Gasteiger partial charge in [0.2, 0.25) is 11.8 Å². The smallest absolute Gasteiger partial charge is 0.274 e. The molecule has 3 saturated heterocycles. The fourth-order valence-electron chi connectivity index (χ4n) is 5.12. The molecule has 3 amide bonds. The molecule has 158 valence electrons. The van der Waals surface area contributed by atoms with Crippen LogP contribution in [0.2, 0.25) is 0 Å². The summed E-state index contributed by atoms with van der Waals surface area (Å²) < 4.78 is 1.69. The first-order valence-corrected chi connectivity index (χ1v) is 10.6. The molecule has 0 spiro atoms. The molecule has 3 aliphatic rings. The molecule has 0 bridgehead atoms. The zero-order valence-corrected chi connectivity index (χ0v) is 17.8. The zero-order valence-electron chi connectivity index (χ0n) is 17.8. The Morgan fingerprint density at radius 3 is 2.28 bits per heavy atom. The summed E-state index contributed by atoms with van der Waals surface area (Å²) in [7, 11) is 1.82. The largest absolute Gasteiger partial charge is 0.342 e. The van der Waals surface area contributed by atoms with E-state index in [2.05, 4.69) is 5.10 Å². The minimum atomic E-state index is -0.686. The van der Waals surface area contributed by atoms with Gasteiger partial charge in [-0.15, -0.1) is 0 Å². The highest BCUT2D eigenvalue weighted by Crippen LogP contribution is 2.45. The summed E-state index contributed by atoms with van der Waals surface area (Å²) >= 11 is 0. The van der Waals surface area contributed by atoms with Crippen LogP contribution in [0.1, 0.15) is 42.9 Å². The highest BCUT2D eigenvalue weighted by Gasteiger charge is 2.60. The number of hydrogen-bond acceptors (Lipinski definition) is 4. The number of nitrogens with zero attached hydrogens (tertiary/aromatic N) is 5. The van der Waals surface area contributed by atoms with Crippen LogP contribution < -0.4 is 0 Å². The molecule has 1 aromatic heterocycles. The molecule has 1 aromatic rings. The molecule has 8 heteroatoms. The lowest BCUT2D eigenvalue weighted by atomic mass is 9.79. The molecule has 0 N–H and O–H groups in total. The van der Waals surface area contributed by atoms with Crippen LogP contribution in [0.25, 0.3) is 0 Å². The molecule has 0 radical (unpaired) electrons. The monoisotopic (exact) mass is 401 g/mol. The second-order valence-electron chi connectivity index (χ2n) is 9.21. The molecule has 0 aliphatic carbocycles. The Kier molecular flexibility index (Phi) is 4.91. The van der Waals surface area contributed by atoms with Gasteiger partial charge in [0.1, 0.15) is 0 Å². The van der Waals surface area contributed by atoms with Crippen molar-refractivity contribution in [1.82, 2.24) is 24.5 Å². The summed E-state index contributed by atoms with van der Waals surface area (Å²) in [6, 6.07) is 1.79. The van der Waals surface area contributed by atoms with Crippen molar-refractivity contribution < 1.29 is 14.4 Å². The van der Waals surface area contributed by atoms with E-state index in [-0.39, 0.29) is 29.6 Å². The van der Waals surface area contributed by atoms with Crippen molar-refractivity contribution >= 4 is 17.7 Å². The predicted molar refractivity (Wildman–Crippen MR) is 107 cm³/mol. The molecule has 29 heavy (non-hydrogen) atoms. The third-order valence-corrected chi connectivity index (χ3v) is 6.85. The van der Waals surface area contributed by atoms with Crippen molar-refractivity contribution in [2.45, 2.75) is 33.6 Å². The molecule has 3 aliphatic heterocycles. The molecule has 0 aromatic carbocycles. The van der Waals surface area contributed by atoms with E-state index in [1.807, 2.05) is 37.6 Å². The minimum absolute atomic E-state index is 0.0212. The quantitative estimate of drug-likeness (QED) is 0.754. The summed E-state index contributed by atoms with van der Waals surface area (Å²) in [6.07, 6.45) is 2.05. The summed E-state index contributed by atoms with van der Waals surface area (Å²) in [4.78, 5) is 44.9. The Hall–Kier alpha value is -2.38. The second-order valence-corrected chi connectivity index (χ2v) is 9.21. The van der Waals surface area contributed by atoms with E-state index in [0.717, 1.165) is 31.6 Å². The number of aryl methyl sites for hydroxylation is 2. The van der Waals surface area contributed by atoms with Crippen molar-refractivity contribution in [1.29, 1.82) is 0 Å². The number of amides is 3. The third-order valence-electron chi connectivity index (χ3n) is 6.85. The van der Waals surface area contributed by atoms with Crippen LogP contribution in [0.5, 0.6) is 0 Å². The fourth-order valence-corrected chi connectivity index (χ4v) is 5.12. The first-order valence-electron chi connectivity index (χ1n) is 10.6. The van der Waals surface area contributed by atoms with Crippen LogP contribution in [0.4, 0.5) is 0 Å². The first kappa shape index (κ1) is 19.9. The van der Waals surface area contributed by atoms with Crippen LogP contribution >= 0.6 is 0 Å². The first-order chi connectivity index (χ1) is 13.7. The van der Waals surface area contributed by atoms with Gasteiger partial charge in [-0.2, -0.15) is 5.10 Å². The molecule has 3 fully saturated rings. The normalized spacial score (nSPS) is 26.5. The van der Waals surface area contributed by atoms with Gasteiger partial charge in [0.25, 0.3) is 5.91 Å². The summed E-state index contributed by atoms with van der Waals surface area (Å²) in [5.41, 5.74) is 0.655. The van der Waals surface area contributed by atoms with E-state index in [4.69, 9.17) is 0 Å². The molecular weight excluding hydrogens is 370 g/mol. The third kappa shape index (κ3) is 3.22. The van der Waals surface area contributed by atoms with E-state index in [1.54, 1.807) is 15.6 Å². The van der Waals surface area contributed by atoms with E-state index < -0.39 is 5.41 Å². The molecule has 8 nitrogen and oxygen atoms in total. The number of aromatic nitrogens is 2. The summed E-state index contributed by atoms with van der Waals surface area (Å²) in [5, 5.41) is 4.33. The van der Waals surface area contributed by atoms with Crippen LogP contribution in [0.15, 0.2) is 6.07 Å². The maximum Gasteiger partial charge on any atom is 0.274 e. The van der Waals surface area contributed by atoms with Gasteiger partial charge in [-0.3, -0.25) is 19.1 Å². The lowest BCUT2D eigenvalue weighted by Crippen LogP contribution is -2.49. The Labute approximate surface area is 171 Å². The fraction of sp³-hybridized carbons (Fsp3) is 0.714. The van der Waals surface area contributed by atoms with Gasteiger partial charge in [-0.1, -0.05) is 13.8 Å². The standard InChI is InChI=1S/C21H31N5O3/c1-14(2)18(27)25-10-16-11-26(19(28)17-9-15(3)23(4)22-17)13-21(16,12-25)20(29)24-7-5-6-8-24/h9,14,16H,5-8,10-13H2,1-4H3/t16-,21-/m0/s1. The van der Waals surface area contributed by atoms with Crippen molar-refractivity contribution in [3.8, 4) is 0 Å². The molecule has 0 unspecified atom stereocenters. The van der Waals surface area contributed by atoms with Crippen LogP contribution in [-0.2, 0) is 16.6 Å². The number of fused-ring (bicyclic) bond motifs is 1. The SMILES string of the molecule is Cc1cc(C(=O)N2C[C@@H]3CN(C(=O)C(C)C)C[C@]3(C(=O)N3CCCC3)C2)nn1C. The maximum atomic E-state index is 13.6. The van der Waals surface area contributed by atoms with E-state index >= 15 is 0 Å². The van der Waals surface area contributed by atoms with E-state index in [9.17, 15) is 14.4 Å². The Bertz CT molecular complexity index is 822. The number of likely N-dealkylation sites (tertiary alicyclic amines) is 3. The van der Waals surface area contributed by atoms with Crippen LogP contribution in [0.3, 0.4) is 0 Å². The molecule has 4 heterocycles. The Balaban J connectivity index is 1.60. The Morgan fingerprint density at radius 2 is 1.69 bits per heavy atom. The van der Waals surface area contributed by atoms with Gasteiger partial charge < -0.3 is 14.7 Å². The van der Waals surface area contributed by atoms with Gasteiger partial charge in [0, 0.05) is 63.8 Å². The average molecular weight is 402 g/mol. The van der Waals surface area contributed by atoms with Crippen molar-refractivity contribution in [3.05, 3.63) is 17.5 Å². The Morgan fingerprint density at radius 1 is 1.07 bits per heavy atom. The van der Waals surface area contributed by atoms with Crippen LogP contribution in [-0.4, -0.2) is 81.5 Å². The van der Waals surface area contributed by atoms with E-state index in [0.29, 0.717) is 31.9 Å². The van der Waals surface area contributed by atoms with Crippen molar-refractivity contribution in [3.63, 3.8) is 0 Å². The zero-order chi connectivity index (χ0) is 20.9. The molecular formula is C21H31N5O3. The van der Waals surface area contributed by atoms with Gasteiger partial charge in [0.15, 0.2) is 5.69 Å². The predicted octanol–water partition coefficient (Wildman–Crippen LogP) is 0.908. The van der Waals surface area contributed by atoms with Crippen LogP contribution in [0, 0.1) is 24.2 Å².